The number of carbonyl (C=O) groups excluding carboxylic acids is 1. The summed E-state index contributed by atoms with van der Waals surface area (Å²) in [6.45, 7) is 2.98. The number of benzene rings is 3. The molecule has 0 saturated carbocycles. The van der Waals surface area contributed by atoms with Crippen LogP contribution in [-0.2, 0) is 19.4 Å². The van der Waals surface area contributed by atoms with Crippen LogP contribution in [0.5, 0.6) is 5.75 Å². The topological polar surface area (TPSA) is 67.0 Å². The molecular formula is C25H25N3O2. The van der Waals surface area contributed by atoms with Crippen molar-refractivity contribution < 1.29 is 9.53 Å². The van der Waals surface area contributed by atoms with E-state index in [0.29, 0.717) is 18.7 Å². The summed E-state index contributed by atoms with van der Waals surface area (Å²) in [5.74, 6) is 1.69. The third-order valence-electron chi connectivity index (χ3n) is 5.02. The minimum atomic E-state index is -0.0925. The first kappa shape index (κ1) is 19.7. The Bertz CT molecular complexity index is 1100. The Balaban J connectivity index is 1.33. The van der Waals surface area contributed by atoms with Gasteiger partial charge in [-0.25, -0.2) is 4.98 Å². The molecule has 1 aromatic heterocycles. The van der Waals surface area contributed by atoms with Gasteiger partial charge in [-0.3, -0.25) is 4.79 Å². The SMILES string of the molecule is CCOc1ccccc1CNC(=O)c1ccc(CCc2nc3ccccc3[nH]2)cc1. The Morgan fingerprint density at radius 1 is 0.967 bits per heavy atom. The van der Waals surface area contributed by atoms with Gasteiger partial charge in [-0.05, 0) is 49.2 Å². The number of hydrogen-bond donors (Lipinski definition) is 2. The van der Waals surface area contributed by atoms with Crippen molar-refractivity contribution in [2.45, 2.75) is 26.3 Å². The fraction of sp³-hybridized carbons (Fsp3) is 0.200. The Morgan fingerprint density at radius 3 is 2.53 bits per heavy atom. The molecule has 1 amide bonds. The fourth-order valence-electron chi connectivity index (χ4n) is 3.43. The maximum absolute atomic E-state index is 12.5. The van der Waals surface area contributed by atoms with Crippen molar-refractivity contribution in [3.8, 4) is 5.75 Å². The van der Waals surface area contributed by atoms with E-state index in [2.05, 4.69) is 15.3 Å². The van der Waals surface area contributed by atoms with Gasteiger partial charge in [0.05, 0.1) is 17.6 Å². The van der Waals surface area contributed by atoms with Gasteiger partial charge in [0, 0.05) is 24.1 Å². The summed E-state index contributed by atoms with van der Waals surface area (Å²) >= 11 is 0. The van der Waals surface area contributed by atoms with E-state index in [1.165, 1.54) is 5.56 Å². The summed E-state index contributed by atoms with van der Waals surface area (Å²) in [4.78, 5) is 20.5. The molecule has 0 unspecified atom stereocenters. The van der Waals surface area contributed by atoms with Crippen molar-refractivity contribution in [1.29, 1.82) is 0 Å². The van der Waals surface area contributed by atoms with Crippen molar-refractivity contribution >= 4 is 16.9 Å². The van der Waals surface area contributed by atoms with Crippen LogP contribution < -0.4 is 10.1 Å². The van der Waals surface area contributed by atoms with E-state index in [-0.39, 0.29) is 5.91 Å². The third-order valence-corrected chi connectivity index (χ3v) is 5.02. The molecule has 3 aromatic carbocycles. The number of nitrogens with zero attached hydrogens (tertiary/aromatic N) is 1. The van der Waals surface area contributed by atoms with Crippen LogP contribution in [0.15, 0.2) is 72.8 Å². The molecule has 0 bridgehead atoms. The number of aryl methyl sites for hydroxylation is 2. The number of aromatic amines is 1. The Labute approximate surface area is 176 Å². The van der Waals surface area contributed by atoms with Crippen molar-refractivity contribution in [3.63, 3.8) is 0 Å². The van der Waals surface area contributed by atoms with Crippen LogP contribution in [0.2, 0.25) is 0 Å². The molecule has 4 rings (SSSR count). The third kappa shape index (κ3) is 4.69. The van der Waals surface area contributed by atoms with Gasteiger partial charge in [0.1, 0.15) is 11.6 Å². The van der Waals surface area contributed by atoms with Crippen LogP contribution in [-0.4, -0.2) is 22.5 Å². The molecular weight excluding hydrogens is 374 g/mol. The first-order valence-electron chi connectivity index (χ1n) is 10.2. The van der Waals surface area contributed by atoms with Crippen LogP contribution in [0.3, 0.4) is 0 Å². The zero-order valence-electron chi connectivity index (χ0n) is 17.0. The molecule has 0 aliphatic carbocycles. The summed E-state index contributed by atoms with van der Waals surface area (Å²) in [6, 6.07) is 23.6. The van der Waals surface area contributed by atoms with Gasteiger partial charge in [0.15, 0.2) is 0 Å². The number of imidazole rings is 1. The van der Waals surface area contributed by atoms with E-state index in [9.17, 15) is 4.79 Å². The van der Waals surface area contributed by atoms with Gasteiger partial charge in [0.2, 0.25) is 0 Å². The summed E-state index contributed by atoms with van der Waals surface area (Å²) in [7, 11) is 0. The second kappa shape index (κ2) is 9.27. The van der Waals surface area contributed by atoms with Gasteiger partial charge >= 0.3 is 0 Å². The zero-order chi connectivity index (χ0) is 20.8. The number of fused-ring (bicyclic) bond motifs is 1. The molecule has 0 spiro atoms. The monoisotopic (exact) mass is 399 g/mol. The van der Waals surface area contributed by atoms with Crippen LogP contribution in [0.25, 0.3) is 11.0 Å². The van der Waals surface area contributed by atoms with Gasteiger partial charge in [-0.15, -0.1) is 0 Å². The van der Waals surface area contributed by atoms with Crippen LogP contribution in [0.4, 0.5) is 0 Å². The van der Waals surface area contributed by atoms with Gasteiger partial charge < -0.3 is 15.0 Å². The molecule has 4 aromatic rings. The van der Waals surface area contributed by atoms with Crippen molar-refractivity contribution in [2.75, 3.05) is 6.61 Å². The smallest absolute Gasteiger partial charge is 0.251 e. The molecule has 0 saturated heterocycles. The molecule has 152 valence electrons. The van der Waals surface area contributed by atoms with E-state index in [0.717, 1.165) is 41.0 Å². The lowest BCUT2D eigenvalue weighted by Gasteiger charge is -2.11. The number of rotatable bonds is 8. The second-order valence-corrected chi connectivity index (χ2v) is 7.12. The first-order valence-corrected chi connectivity index (χ1v) is 10.2. The van der Waals surface area contributed by atoms with Crippen molar-refractivity contribution in [1.82, 2.24) is 15.3 Å². The first-order chi connectivity index (χ1) is 14.7. The van der Waals surface area contributed by atoms with Gasteiger partial charge in [-0.1, -0.05) is 42.5 Å². The second-order valence-electron chi connectivity index (χ2n) is 7.12. The standard InChI is InChI=1S/C25H25N3O2/c1-2-30-23-10-6-3-7-20(23)17-26-25(29)19-14-11-18(12-15-19)13-16-24-27-21-8-4-5-9-22(21)28-24/h3-12,14-15H,2,13,16-17H2,1H3,(H,26,29)(H,27,28). The maximum Gasteiger partial charge on any atom is 0.251 e. The number of nitrogens with one attached hydrogen (secondary N) is 2. The molecule has 0 aliphatic rings. The lowest BCUT2D eigenvalue weighted by molar-refractivity contribution is 0.0950. The Hall–Kier alpha value is -3.60. The largest absolute Gasteiger partial charge is 0.494 e. The number of para-hydroxylation sites is 3. The molecule has 0 fully saturated rings. The lowest BCUT2D eigenvalue weighted by atomic mass is 10.1. The lowest BCUT2D eigenvalue weighted by Crippen LogP contribution is -2.23. The predicted molar refractivity (Wildman–Crippen MR) is 119 cm³/mol. The quantitative estimate of drug-likeness (QED) is 0.452. The normalized spacial score (nSPS) is 10.8. The Morgan fingerprint density at radius 2 is 1.73 bits per heavy atom. The van der Waals surface area contributed by atoms with Crippen molar-refractivity contribution in [3.05, 3.63) is 95.3 Å². The molecule has 5 nitrogen and oxygen atoms in total. The van der Waals surface area contributed by atoms with Crippen LogP contribution >= 0.6 is 0 Å². The van der Waals surface area contributed by atoms with Crippen LogP contribution in [0, 0.1) is 0 Å². The number of hydrogen-bond acceptors (Lipinski definition) is 3. The van der Waals surface area contributed by atoms with Gasteiger partial charge in [-0.2, -0.15) is 0 Å². The number of aromatic nitrogens is 2. The van der Waals surface area contributed by atoms with E-state index in [1.54, 1.807) is 0 Å². The predicted octanol–water partition coefficient (Wildman–Crippen LogP) is 4.68. The highest BCUT2D eigenvalue weighted by molar-refractivity contribution is 5.94. The summed E-state index contributed by atoms with van der Waals surface area (Å²) in [5.41, 5.74) is 4.84. The number of ether oxygens (including phenoxy) is 1. The zero-order valence-corrected chi connectivity index (χ0v) is 17.0. The summed E-state index contributed by atoms with van der Waals surface area (Å²) < 4.78 is 5.61. The van der Waals surface area contributed by atoms with E-state index < -0.39 is 0 Å². The van der Waals surface area contributed by atoms with E-state index >= 15 is 0 Å². The average molecular weight is 399 g/mol. The highest BCUT2D eigenvalue weighted by Crippen LogP contribution is 2.18. The number of carbonyl (C=O) groups is 1. The van der Waals surface area contributed by atoms with Crippen molar-refractivity contribution in [2.24, 2.45) is 0 Å². The molecule has 0 radical (unpaired) electrons. The van der Waals surface area contributed by atoms with E-state index in [4.69, 9.17) is 4.74 Å². The Kier molecular flexibility index (Phi) is 6.09. The highest BCUT2D eigenvalue weighted by Gasteiger charge is 2.08. The van der Waals surface area contributed by atoms with Gasteiger partial charge in [0.25, 0.3) is 5.91 Å². The number of H-pyrrole nitrogens is 1. The molecule has 2 N–H and O–H groups in total. The molecule has 1 heterocycles. The summed E-state index contributed by atoms with van der Waals surface area (Å²) in [6.07, 6.45) is 1.69. The molecule has 0 atom stereocenters. The average Bonchev–Trinajstić information content (AvgIpc) is 3.20. The molecule has 30 heavy (non-hydrogen) atoms. The number of amides is 1. The fourth-order valence-corrected chi connectivity index (χ4v) is 3.43. The maximum atomic E-state index is 12.5. The minimum absolute atomic E-state index is 0.0925. The molecule has 0 aliphatic heterocycles. The minimum Gasteiger partial charge on any atom is -0.494 e. The van der Waals surface area contributed by atoms with E-state index in [1.807, 2.05) is 79.7 Å². The molecule has 5 heteroatoms. The summed E-state index contributed by atoms with van der Waals surface area (Å²) in [5, 5.41) is 2.97. The van der Waals surface area contributed by atoms with Crippen LogP contribution in [0.1, 0.15) is 34.2 Å². The highest BCUT2D eigenvalue weighted by atomic mass is 16.5.